The summed E-state index contributed by atoms with van der Waals surface area (Å²) >= 11 is 0. The zero-order chi connectivity index (χ0) is 21.4. The summed E-state index contributed by atoms with van der Waals surface area (Å²) in [6.07, 6.45) is 1.84. The van der Waals surface area contributed by atoms with E-state index >= 15 is 0 Å². The summed E-state index contributed by atoms with van der Waals surface area (Å²) in [4.78, 5) is 21.0. The lowest BCUT2D eigenvalue weighted by Crippen LogP contribution is -2.24. The maximum atomic E-state index is 4.82. The average Bonchev–Trinajstić information content (AvgIpc) is 2.66. The second-order valence-corrected chi connectivity index (χ2v) is 9.68. The molecule has 0 spiro atoms. The van der Waals surface area contributed by atoms with Gasteiger partial charge in [-0.25, -0.2) is 15.0 Å². The highest BCUT2D eigenvalue weighted by molar-refractivity contribution is 5.70. The van der Waals surface area contributed by atoms with Crippen LogP contribution >= 0.6 is 0 Å². The monoisotopic (exact) mass is 389 g/mol. The lowest BCUT2D eigenvalue weighted by molar-refractivity contribution is 0.497. The summed E-state index contributed by atoms with van der Waals surface area (Å²) in [5.74, 6) is 2.33. The standard InChI is InChI=1S/C24H31N5/c1-23(2,3)21-26-20(27-22(28-21)24(4,5)6)17-11-9-10-16(14-17)19-15-18(29(7)8)12-13-25-19/h9-15H,1-8H3. The first-order valence-electron chi connectivity index (χ1n) is 9.96. The third-order valence-corrected chi connectivity index (χ3v) is 4.65. The normalized spacial score (nSPS) is 12.1. The Bertz CT molecular complexity index is 978. The first-order valence-corrected chi connectivity index (χ1v) is 9.96. The molecule has 3 aromatic rings. The maximum Gasteiger partial charge on any atom is 0.163 e. The first-order chi connectivity index (χ1) is 13.4. The van der Waals surface area contributed by atoms with Crippen LogP contribution < -0.4 is 4.90 Å². The van der Waals surface area contributed by atoms with Crippen LogP contribution in [0.5, 0.6) is 0 Å². The summed E-state index contributed by atoms with van der Waals surface area (Å²) in [7, 11) is 4.06. The van der Waals surface area contributed by atoms with Gasteiger partial charge >= 0.3 is 0 Å². The Labute approximate surface area is 174 Å². The van der Waals surface area contributed by atoms with E-state index in [1.165, 1.54) is 0 Å². The molecule has 0 unspecified atom stereocenters. The van der Waals surface area contributed by atoms with Gasteiger partial charge in [0.05, 0.1) is 5.69 Å². The lowest BCUT2D eigenvalue weighted by atomic mass is 9.93. The SMILES string of the molecule is CN(C)c1ccnc(-c2cccc(-c3nc(C(C)(C)C)nc(C(C)(C)C)n3)c2)c1. The van der Waals surface area contributed by atoms with Gasteiger partial charge in [-0.15, -0.1) is 0 Å². The van der Waals surface area contributed by atoms with E-state index in [4.69, 9.17) is 15.0 Å². The van der Waals surface area contributed by atoms with Crippen molar-refractivity contribution < 1.29 is 0 Å². The van der Waals surface area contributed by atoms with Crippen LogP contribution in [0.1, 0.15) is 53.2 Å². The largest absolute Gasteiger partial charge is 0.378 e. The topological polar surface area (TPSA) is 54.8 Å². The zero-order valence-electron chi connectivity index (χ0n) is 18.8. The van der Waals surface area contributed by atoms with Crippen LogP contribution in [0.4, 0.5) is 5.69 Å². The van der Waals surface area contributed by atoms with Gasteiger partial charge in [-0.3, -0.25) is 4.98 Å². The van der Waals surface area contributed by atoms with Crippen LogP contribution in [-0.2, 0) is 10.8 Å². The molecule has 5 nitrogen and oxygen atoms in total. The first kappa shape index (κ1) is 20.9. The molecule has 0 fully saturated rings. The van der Waals surface area contributed by atoms with Gasteiger partial charge in [-0.05, 0) is 18.2 Å². The Morgan fingerprint density at radius 2 is 1.31 bits per heavy atom. The fraction of sp³-hybridized carbons (Fsp3) is 0.417. The van der Waals surface area contributed by atoms with Crippen molar-refractivity contribution in [3.63, 3.8) is 0 Å². The highest BCUT2D eigenvalue weighted by Gasteiger charge is 2.25. The van der Waals surface area contributed by atoms with Crippen LogP contribution in [0.15, 0.2) is 42.6 Å². The number of hydrogen-bond donors (Lipinski definition) is 0. The third-order valence-electron chi connectivity index (χ3n) is 4.65. The van der Waals surface area contributed by atoms with Crippen molar-refractivity contribution in [1.29, 1.82) is 0 Å². The van der Waals surface area contributed by atoms with E-state index in [2.05, 4.69) is 69.6 Å². The molecular weight excluding hydrogens is 358 g/mol. The molecule has 0 aliphatic rings. The minimum absolute atomic E-state index is 0.156. The predicted octanol–water partition coefficient (Wildman–Crippen LogP) is 5.26. The molecule has 0 saturated heterocycles. The molecule has 0 N–H and O–H groups in total. The molecule has 2 aromatic heterocycles. The Kier molecular flexibility index (Phi) is 5.44. The van der Waals surface area contributed by atoms with Gasteiger partial charge in [0.2, 0.25) is 0 Å². The van der Waals surface area contributed by atoms with Crippen LogP contribution in [-0.4, -0.2) is 34.0 Å². The van der Waals surface area contributed by atoms with Gasteiger partial charge in [-0.1, -0.05) is 59.7 Å². The predicted molar refractivity (Wildman–Crippen MR) is 120 cm³/mol. The molecule has 0 radical (unpaired) electrons. The second-order valence-electron chi connectivity index (χ2n) is 9.68. The second kappa shape index (κ2) is 7.54. The van der Waals surface area contributed by atoms with Gasteiger partial charge in [-0.2, -0.15) is 0 Å². The van der Waals surface area contributed by atoms with E-state index < -0.39 is 0 Å². The quantitative estimate of drug-likeness (QED) is 0.611. The Hall–Kier alpha value is -2.82. The Balaban J connectivity index is 2.12. The average molecular weight is 390 g/mol. The molecule has 1 aromatic carbocycles. The minimum atomic E-state index is -0.156. The van der Waals surface area contributed by atoms with Gasteiger partial charge in [0.1, 0.15) is 11.6 Å². The van der Waals surface area contributed by atoms with Crippen molar-refractivity contribution in [3.05, 3.63) is 54.2 Å². The van der Waals surface area contributed by atoms with E-state index in [9.17, 15) is 0 Å². The Morgan fingerprint density at radius 1 is 0.724 bits per heavy atom. The number of benzene rings is 1. The number of pyridine rings is 1. The van der Waals surface area contributed by atoms with Gasteiger partial charge in [0, 0.05) is 47.9 Å². The van der Waals surface area contributed by atoms with Gasteiger partial charge in [0.25, 0.3) is 0 Å². The van der Waals surface area contributed by atoms with E-state index in [0.29, 0.717) is 5.82 Å². The van der Waals surface area contributed by atoms with Crippen molar-refractivity contribution in [2.24, 2.45) is 0 Å². The van der Waals surface area contributed by atoms with E-state index in [1.807, 2.05) is 38.5 Å². The summed E-state index contributed by atoms with van der Waals surface area (Å²) < 4.78 is 0. The van der Waals surface area contributed by atoms with Gasteiger partial charge < -0.3 is 4.90 Å². The molecular formula is C24H31N5. The van der Waals surface area contributed by atoms with Crippen LogP contribution in [0.2, 0.25) is 0 Å². The summed E-state index contributed by atoms with van der Waals surface area (Å²) in [6.45, 7) is 12.8. The minimum Gasteiger partial charge on any atom is -0.378 e. The van der Waals surface area contributed by atoms with Crippen molar-refractivity contribution in [1.82, 2.24) is 19.9 Å². The van der Waals surface area contributed by atoms with E-state index in [-0.39, 0.29) is 10.8 Å². The fourth-order valence-corrected chi connectivity index (χ4v) is 2.85. The highest BCUT2D eigenvalue weighted by Crippen LogP contribution is 2.29. The smallest absolute Gasteiger partial charge is 0.163 e. The summed E-state index contributed by atoms with van der Waals surface area (Å²) in [6, 6.07) is 12.4. The number of hydrogen-bond acceptors (Lipinski definition) is 5. The molecule has 0 amide bonds. The Morgan fingerprint density at radius 3 is 1.86 bits per heavy atom. The number of rotatable bonds is 3. The zero-order valence-corrected chi connectivity index (χ0v) is 18.8. The van der Waals surface area contributed by atoms with Crippen LogP contribution in [0.25, 0.3) is 22.6 Å². The van der Waals surface area contributed by atoms with Crippen molar-refractivity contribution >= 4 is 5.69 Å². The van der Waals surface area contributed by atoms with Crippen LogP contribution in [0, 0.1) is 0 Å². The number of aromatic nitrogens is 4. The summed E-state index contributed by atoms with van der Waals surface area (Å²) in [5, 5.41) is 0. The summed E-state index contributed by atoms with van der Waals surface area (Å²) in [5.41, 5.74) is 3.75. The van der Waals surface area contributed by atoms with Crippen molar-refractivity contribution in [2.75, 3.05) is 19.0 Å². The van der Waals surface area contributed by atoms with Gasteiger partial charge in [0.15, 0.2) is 5.82 Å². The molecule has 0 aliphatic heterocycles. The van der Waals surface area contributed by atoms with E-state index in [1.54, 1.807) is 0 Å². The molecule has 5 heteroatoms. The number of nitrogens with zero attached hydrogens (tertiary/aromatic N) is 5. The third kappa shape index (κ3) is 4.78. The van der Waals surface area contributed by atoms with Crippen molar-refractivity contribution in [3.8, 4) is 22.6 Å². The molecule has 0 bridgehead atoms. The molecule has 3 rings (SSSR count). The molecule has 152 valence electrons. The highest BCUT2D eigenvalue weighted by atomic mass is 15.1. The number of anilines is 1. The molecule has 0 saturated carbocycles. The fourth-order valence-electron chi connectivity index (χ4n) is 2.85. The lowest BCUT2D eigenvalue weighted by Gasteiger charge is -2.22. The maximum absolute atomic E-state index is 4.82. The molecule has 0 atom stereocenters. The van der Waals surface area contributed by atoms with E-state index in [0.717, 1.165) is 34.2 Å². The van der Waals surface area contributed by atoms with Crippen LogP contribution in [0.3, 0.4) is 0 Å². The molecule has 2 heterocycles. The molecule has 29 heavy (non-hydrogen) atoms. The molecule has 0 aliphatic carbocycles. The van der Waals surface area contributed by atoms with Crippen molar-refractivity contribution in [2.45, 2.75) is 52.4 Å².